The molecule has 0 aliphatic carbocycles. The zero-order chi connectivity index (χ0) is 11.1. The molecule has 0 unspecified atom stereocenters. The molecule has 0 heterocycles. The molecule has 80 valence electrons. The minimum atomic E-state index is 0.144. The molecule has 14 heavy (non-hydrogen) atoms. The molecular weight excluding hydrogens is 174 g/mol. The molecule has 0 aromatic rings. The number of ether oxygens (including phenoxy) is 1. The summed E-state index contributed by atoms with van der Waals surface area (Å²) in [5, 5.41) is 0. The first-order valence-electron chi connectivity index (χ1n) is 4.98. The van der Waals surface area contributed by atoms with Crippen molar-refractivity contribution in [2.45, 2.75) is 26.8 Å². The quantitative estimate of drug-likeness (QED) is 0.457. The molecule has 0 saturated heterocycles. The van der Waals surface area contributed by atoms with E-state index in [9.17, 15) is 0 Å². The molecule has 2 heteroatoms. The molecule has 0 aromatic carbocycles. The molecule has 2 nitrogen and oxygen atoms in total. The Kier molecular flexibility index (Phi) is 5.77. The van der Waals surface area contributed by atoms with Crippen molar-refractivity contribution >= 4 is 0 Å². The molecule has 0 aliphatic rings. The third kappa shape index (κ3) is 3.29. The average Bonchev–Trinajstić information content (AvgIpc) is 2.18. The van der Waals surface area contributed by atoms with Gasteiger partial charge in [0.2, 0.25) is 0 Å². The minimum absolute atomic E-state index is 0.144. The third-order valence-electron chi connectivity index (χ3n) is 2.21. The minimum Gasteiger partial charge on any atom is -0.497 e. The maximum absolute atomic E-state index is 5.37. The molecule has 1 atom stereocenters. The van der Waals surface area contributed by atoms with Gasteiger partial charge in [-0.15, -0.1) is 0 Å². The van der Waals surface area contributed by atoms with Crippen molar-refractivity contribution in [2.24, 2.45) is 0 Å². The van der Waals surface area contributed by atoms with Gasteiger partial charge in [-0.2, -0.15) is 0 Å². The molecule has 0 rings (SSSR count). The summed E-state index contributed by atoms with van der Waals surface area (Å²) in [6, 6.07) is 0.144. The lowest BCUT2D eigenvalue weighted by atomic mass is 10.2. The predicted molar refractivity (Wildman–Crippen MR) is 61.9 cm³/mol. The van der Waals surface area contributed by atoms with Crippen molar-refractivity contribution < 1.29 is 4.74 Å². The lowest BCUT2D eigenvalue weighted by molar-refractivity contribution is 0.165. The third-order valence-corrected chi connectivity index (χ3v) is 2.21. The Morgan fingerprint density at radius 1 is 1.43 bits per heavy atom. The van der Waals surface area contributed by atoms with Crippen LogP contribution in [-0.2, 0) is 4.74 Å². The van der Waals surface area contributed by atoms with Crippen molar-refractivity contribution in [1.82, 2.24) is 4.90 Å². The van der Waals surface area contributed by atoms with Crippen molar-refractivity contribution in [3.8, 4) is 0 Å². The summed E-state index contributed by atoms with van der Waals surface area (Å²) in [6.07, 6.45) is 1.75. The standard InChI is InChI=1S/C12H21NO/c1-7-10(4)13(8-2)11(5)12(6)14-9-3/h7,11H,1,4,6,8-9H2,2-3,5H3/t11-/m0/s1. The van der Waals surface area contributed by atoms with E-state index in [0.717, 1.165) is 18.0 Å². The zero-order valence-electron chi connectivity index (χ0n) is 9.55. The van der Waals surface area contributed by atoms with Gasteiger partial charge in [-0.05, 0) is 26.8 Å². The lowest BCUT2D eigenvalue weighted by Gasteiger charge is -2.31. The monoisotopic (exact) mass is 195 g/mol. The number of hydrogen-bond acceptors (Lipinski definition) is 2. The Hall–Kier alpha value is -1.18. The summed E-state index contributed by atoms with van der Waals surface area (Å²) in [7, 11) is 0. The molecule has 0 N–H and O–H groups in total. The van der Waals surface area contributed by atoms with E-state index in [4.69, 9.17) is 4.74 Å². The predicted octanol–water partition coefficient (Wildman–Crippen LogP) is 2.95. The van der Waals surface area contributed by atoms with Crippen molar-refractivity contribution in [2.75, 3.05) is 13.2 Å². The van der Waals surface area contributed by atoms with Crippen LogP contribution in [0.1, 0.15) is 20.8 Å². The van der Waals surface area contributed by atoms with Crippen LogP contribution in [-0.4, -0.2) is 24.1 Å². The first kappa shape index (κ1) is 12.8. The highest BCUT2D eigenvalue weighted by Crippen LogP contribution is 2.15. The number of likely N-dealkylation sites (N-methyl/N-ethyl adjacent to an activating group) is 1. The van der Waals surface area contributed by atoms with Crippen LogP contribution in [0.15, 0.2) is 37.3 Å². The molecule has 0 bridgehead atoms. The molecule has 0 fully saturated rings. The average molecular weight is 195 g/mol. The van der Waals surface area contributed by atoms with Gasteiger partial charge in [-0.1, -0.05) is 19.7 Å². The van der Waals surface area contributed by atoms with Crippen LogP contribution < -0.4 is 0 Å². The maximum atomic E-state index is 5.37. The number of hydrogen-bond donors (Lipinski definition) is 0. The smallest absolute Gasteiger partial charge is 0.111 e. The van der Waals surface area contributed by atoms with Crippen LogP contribution in [0.2, 0.25) is 0 Å². The summed E-state index contributed by atoms with van der Waals surface area (Å²) in [5.74, 6) is 0.775. The van der Waals surface area contributed by atoms with Crippen LogP contribution in [0.4, 0.5) is 0 Å². The first-order valence-corrected chi connectivity index (χ1v) is 4.98. The highest BCUT2D eigenvalue weighted by molar-refractivity contribution is 5.14. The van der Waals surface area contributed by atoms with Gasteiger partial charge < -0.3 is 9.64 Å². The number of rotatable bonds is 7. The van der Waals surface area contributed by atoms with E-state index in [-0.39, 0.29) is 6.04 Å². The van der Waals surface area contributed by atoms with E-state index in [1.165, 1.54) is 0 Å². The lowest BCUT2D eigenvalue weighted by Crippen LogP contribution is -2.33. The van der Waals surface area contributed by atoms with Gasteiger partial charge in [0.1, 0.15) is 5.76 Å². The fraction of sp³-hybridized carbons (Fsp3) is 0.500. The second kappa shape index (κ2) is 6.30. The summed E-state index contributed by atoms with van der Waals surface area (Å²) in [6.45, 7) is 19.1. The van der Waals surface area contributed by atoms with E-state index in [2.05, 4.69) is 38.5 Å². The molecule has 0 saturated carbocycles. The first-order chi connectivity index (χ1) is 6.58. The maximum Gasteiger partial charge on any atom is 0.111 e. The number of nitrogens with zero attached hydrogens (tertiary/aromatic N) is 1. The Labute approximate surface area is 87.6 Å². The summed E-state index contributed by atoms with van der Waals surface area (Å²) < 4.78 is 5.37. The molecule has 0 aromatic heterocycles. The van der Waals surface area contributed by atoms with Crippen molar-refractivity contribution in [3.05, 3.63) is 37.3 Å². The zero-order valence-corrected chi connectivity index (χ0v) is 9.55. The molecule has 0 aliphatic heterocycles. The SMILES string of the molecule is C=CC(=C)N(CC)[C@@H](C)C(=C)OCC. The van der Waals surface area contributed by atoms with E-state index < -0.39 is 0 Å². The van der Waals surface area contributed by atoms with Crippen molar-refractivity contribution in [3.63, 3.8) is 0 Å². The van der Waals surface area contributed by atoms with E-state index in [1.807, 2.05) is 6.92 Å². The van der Waals surface area contributed by atoms with Gasteiger partial charge in [0.05, 0.1) is 12.6 Å². The number of allylic oxidation sites excluding steroid dienone is 1. The van der Waals surface area contributed by atoms with Gasteiger partial charge >= 0.3 is 0 Å². The van der Waals surface area contributed by atoms with Gasteiger partial charge in [0.15, 0.2) is 0 Å². The second-order valence-electron chi connectivity index (χ2n) is 3.06. The normalized spacial score (nSPS) is 11.6. The van der Waals surface area contributed by atoms with Gasteiger partial charge in [-0.3, -0.25) is 0 Å². The van der Waals surface area contributed by atoms with Crippen LogP contribution in [0.3, 0.4) is 0 Å². The Bertz CT molecular complexity index is 220. The molecule has 0 spiro atoms. The molecule has 0 radical (unpaired) electrons. The largest absolute Gasteiger partial charge is 0.497 e. The van der Waals surface area contributed by atoms with Gasteiger partial charge in [-0.25, -0.2) is 0 Å². The molecular formula is C12H21NO. The van der Waals surface area contributed by atoms with E-state index >= 15 is 0 Å². The summed E-state index contributed by atoms with van der Waals surface area (Å²) in [4.78, 5) is 2.10. The van der Waals surface area contributed by atoms with Crippen LogP contribution in [0.5, 0.6) is 0 Å². The van der Waals surface area contributed by atoms with Gasteiger partial charge in [0.25, 0.3) is 0 Å². The topological polar surface area (TPSA) is 12.5 Å². The van der Waals surface area contributed by atoms with Crippen molar-refractivity contribution in [1.29, 1.82) is 0 Å². The van der Waals surface area contributed by atoms with Gasteiger partial charge in [0, 0.05) is 12.2 Å². The summed E-state index contributed by atoms with van der Waals surface area (Å²) in [5.41, 5.74) is 0.904. The Morgan fingerprint density at radius 2 is 2.00 bits per heavy atom. The van der Waals surface area contributed by atoms with E-state index in [0.29, 0.717) is 6.61 Å². The van der Waals surface area contributed by atoms with E-state index in [1.54, 1.807) is 6.08 Å². The fourth-order valence-electron chi connectivity index (χ4n) is 1.32. The molecule has 0 amide bonds. The Morgan fingerprint density at radius 3 is 2.36 bits per heavy atom. The van der Waals surface area contributed by atoms with Crippen LogP contribution in [0.25, 0.3) is 0 Å². The second-order valence-corrected chi connectivity index (χ2v) is 3.06. The Balaban J connectivity index is 4.44. The highest BCUT2D eigenvalue weighted by atomic mass is 16.5. The van der Waals surface area contributed by atoms with Crippen LogP contribution >= 0.6 is 0 Å². The highest BCUT2D eigenvalue weighted by Gasteiger charge is 2.15. The fourth-order valence-corrected chi connectivity index (χ4v) is 1.32. The van der Waals surface area contributed by atoms with Crippen LogP contribution in [0, 0.1) is 0 Å². The summed E-state index contributed by atoms with van der Waals surface area (Å²) >= 11 is 0.